The van der Waals surface area contributed by atoms with Gasteiger partial charge in [-0.2, -0.15) is 0 Å². The smallest absolute Gasteiger partial charge is 0.163 e. The molecular weight excluding hydrogens is 402 g/mol. The molecule has 0 aromatic heterocycles. The van der Waals surface area contributed by atoms with Crippen molar-refractivity contribution in [3.05, 3.63) is 58.1 Å². The topological polar surface area (TPSA) is 30.5 Å². The molecule has 3 nitrogen and oxygen atoms in total. The summed E-state index contributed by atoms with van der Waals surface area (Å²) in [6.07, 6.45) is 6.26. The van der Waals surface area contributed by atoms with Gasteiger partial charge in [-0.25, -0.2) is 0 Å². The summed E-state index contributed by atoms with van der Waals surface area (Å²) < 4.78 is 12.2. The normalized spacial score (nSPS) is 9.80. The Morgan fingerprint density at radius 1 is 1.12 bits per heavy atom. The van der Waals surface area contributed by atoms with Crippen LogP contribution in [0.25, 0.3) is 0 Å². The molecule has 0 saturated carbocycles. The Morgan fingerprint density at radius 2 is 1.84 bits per heavy atom. The van der Waals surface area contributed by atoms with E-state index in [0.717, 1.165) is 35.3 Å². The minimum absolute atomic E-state index is 0. The van der Waals surface area contributed by atoms with Crippen LogP contribution in [0.2, 0.25) is 0 Å². The van der Waals surface area contributed by atoms with Gasteiger partial charge in [-0.3, -0.25) is 0 Å². The average Bonchev–Trinajstić information content (AvgIpc) is 2.60. The van der Waals surface area contributed by atoms with Crippen molar-refractivity contribution in [1.82, 2.24) is 5.32 Å². The molecule has 25 heavy (non-hydrogen) atoms. The van der Waals surface area contributed by atoms with Crippen LogP contribution >= 0.6 is 28.3 Å². The number of nitrogens with one attached hydrogen (secondary N) is 1. The Labute approximate surface area is 164 Å². The Morgan fingerprint density at radius 3 is 2.52 bits per heavy atom. The lowest BCUT2D eigenvalue weighted by molar-refractivity contribution is 0.298. The fourth-order valence-corrected chi connectivity index (χ4v) is 2.78. The molecular formula is C20H23BrClNO2. The molecule has 0 atom stereocenters. The zero-order chi connectivity index (χ0) is 17.2. The second-order valence-corrected chi connectivity index (χ2v) is 6.08. The first-order valence-corrected chi connectivity index (χ1v) is 8.80. The van der Waals surface area contributed by atoms with Crippen LogP contribution in [0.4, 0.5) is 0 Å². The van der Waals surface area contributed by atoms with E-state index < -0.39 is 0 Å². The number of ether oxygens (including phenoxy) is 2. The number of halogens is 2. The molecule has 1 N–H and O–H groups in total. The lowest BCUT2D eigenvalue weighted by Crippen LogP contribution is -2.17. The lowest BCUT2D eigenvalue weighted by atomic mass is 10.1. The molecule has 134 valence electrons. The third kappa shape index (κ3) is 6.99. The number of terminal acetylenes is 1. The molecule has 0 bridgehead atoms. The molecule has 2 rings (SSSR count). The Balaban J connectivity index is 0.00000312. The van der Waals surface area contributed by atoms with Gasteiger partial charge in [-0.05, 0) is 43.1 Å². The van der Waals surface area contributed by atoms with Crippen LogP contribution in [0.3, 0.4) is 0 Å². The maximum Gasteiger partial charge on any atom is 0.163 e. The van der Waals surface area contributed by atoms with Crippen LogP contribution in [0.15, 0.2) is 46.9 Å². The molecule has 0 amide bonds. The van der Waals surface area contributed by atoms with E-state index in [4.69, 9.17) is 15.9 Å². The van der Waals surface area contributed by atoms with Crippen molar-refractivity contribution in [3.8, 4) is 23.8 Å². The van der Waals surface area contributed by atoms with Gasteiger partial charge in [0.1, 0.15) is 6.61 Å². The molecule has 5 heteroatoms. The average molecular weight is 425 g/mol. The highest BCUT2D eigenvalue weighted by atomic mass is 79.9. The number of hydrogen-bond donors (Lipinski definition) is 1. The van der Waals surface area contributed by atoms with Gasteiger partial charge in [0, 0.05) is 11.0 Å². The Hall–Kier alpha value is -1.67. The Bertz CT molecular complexity index is 686. The summed E-state index contributed by atoms with van der Waals surface area (Å²) in [6, 6.07) is 14.4. The van der Waals surface area contributed by atoms with Crippen molar-refractivity contribution in [1.29, 1.82) is 0 Å². The van der Waals surface area contributed by atoms with Crippen LogP contribution in [0.1, 0.15) is 18.1 Å². The van der Waals surface area contributed by atoms with Crippen molar-refractivity contribution in [2.45, 2.75) is 19.9 Å². The maximum atomic E-state index is 5.66. The van der Waals surface area contributed by atoms with E-state index in [0.29, 0.717) is 12.4 Å². The van der Waals surface area contributed by atoms with Gasteiger partial charge in [0.25, 0.3) is 0 Å². The molecule has 2 aromatic rings. The van der Waals surface area contributed by atoms with E-state index in [1.807, 2.05) is 25.1 Å². The van der Waals surface area contributed by atoms with Gasteiger partial charge in [0.05, 0.1) is 6.61 Å². The first kappa shape index (κ1) is 21.4. The molecule has 0 aliphatic heterocycles. The molecule has 0 aliphatic rings. The van der Waals surface area contributed by atoms with Crippen molar-refractivity contribution < 1.29 is 9.47 Å². The summed E-state index contributed by atoms with van der Waals surface area (Å²) in [7, 11) is 0. The van der Waals surface area contributed by atoms with Gasteiger partial charge in [-0.15, -0.1) is 18.8 Å². The molecule has 0 spiro atoms. The summed E-state index contributed by atoms with van der Waals surface area (Å²) in [6.45, 7) is 4.42. The SMILES string of the molecule is C#CCOc1cc(Br)c(CNCCc2ccccc2)cc1OCC.Cl. The predicted octanol–water partition coefficient (Wildman–Crippen LogP) is 4.61. The van der Waals surface area contributed by atoms with Crippen molar-refractivity contribution in [2.24, 2.45) is 0 Å². The van der Waals surface area contributed by atoms with Crippen LogP contribution < -0.4 is 14.8 Å². The van der Waals surface area contributed by atoms with E-state index in [1.165, 1.54) is 5.56 Å². The summed E-state index contributed by atoms with van der Waals surface area (Å²) in [5.74, 6) is 3.85. The Kier molecular flexibility index (Phi) is 10.1. The van der Waals surface area contributed by atoms with Crippen LogP contribution in [0, 0.1) is 12.3 Å². The zero-order valence-electron chi connectivity index (χ0n) is 14.3. The van der Waals surface area contributed by atoms with E-state index in [-0.39, 0.29) is 19.0 Å². The van der Waals surface area contributed by atoms with Gasteiger partial charge in [0.2, 0.25) is 0 Å². The van der Waals surface area contributed by atoms with Gasteiger partial charge >= 0.3 is 0 Å². The maximum absolute atomic E-state index is 5.66. The predicted molar refractivity (Wildman–Crippen MR) is 109 cm³/mol. The van der Waals surface area contributed by atoms with Gasteiger partial charge in [-0.1, -0.05) is 52.2 Å². The standard InChI is InChI=1S/C20H22BrNO2.ClH/c1-3-12-24-20-14-18(21)17(13-19(20)23-4-2)15-22-11-10-16-8-6-5-7-9-16;/h1,5-9,13-14,22H,4,10-12,15H2,2H3;1H. The highest BCUT2D eigenvalue weighted by Gasteiger charge is 2.10. The van der Waals surface area contributed by atoms with E-state index >= 15 is 0 Å². The van der Waals surface area contributed by atoms with Crippen LogP contribution in [-0.2, 0) is 13.0 Å². The molecule has 0 aliphatic carbocycles. The number of hydrogen-bond acceptors (Lipinski definition) is 3. The zero-order valence-corrected chi connectivity index (χ0v) is 16.7. The van der Waals surface area contributed by atoms with Crippen LogP contribution in [-0.4, -0.2) is 19.8 Å². The van der Waals surface area contributed by atoms with Gasteiger partial charge in [0.15, 0.2) is 11.5 Å². The third-order valence-electron chi connectivity index (χ3n) is 3.47. The lowest BCUT2D eigenvalue weighted by Gasteiger charge is -2.14. The van der Waals surface area contributed by atoms with Crippen molar-refractivity contribution in [2.75, 3.05) is 19.8 Å². The van der Waals surface area contributed by atoms with Crippen molar-refractivity contribution >= 4 is 28.3 Å². The summed E-state index contributed by atoms with van der Waals surface area (Å²) in [4.78, 5) is 0. The fraction of sp³-hybridized carbons (Fsp3) is 0.300. The second kappa shape index (κ2) is 11.8. The molecule has 2 aromatic carbocycles. The summed E-state index contributed by atoms with van der Waals surface area (Å²) in [5.41, 5.74) is 2.46. The molecule has 0 unspecified atom stereocenters. The summed E-state index contributed by atoms with van der Waals surface area (Å²) >= 11 is 3.59. The van der Waals surface area contributed by atoms with E-state index in [2.05, 4.69) is 51.4 Å². The van der Waals surface area contributed by atoms with Crippen LogP contribution in [0.5, 0.6) is 11.5 Å². The van der Waals surface area contributed by atoms with E-state index in [9.17, 15) is 0 Å². The first-order valence-electron chi connectivity index (χ1n) is 8.00. The first-order chi connectivity index (χ1) is 11.7. The molecule has 0 fully saturated rings. The summed E-state index contributed by atoms with van der Waals surface area (Å²) in [5, 5.41) is 3.46. The minimum Gasteiger partial charge on any atom is -0.490 e. The van der Waals surface area contributed by atoms with Gasteiger partial charge < -0.3 is 14.8 Å². The quantitative estimate of drug-likeness (QED) is 0.471. The fourth-order valence-electron chi connectivity index (χ4n) is 2.31. The largest absolute Gasteiger partial charge is 0.490 e. The molecule has 0 saturated heterocycles. The van der Waals surface area contributed by atoms with E-state index in [1.54, 1.807) is 0 Å². The monoisotopic (exact) mass is 423 g/mol. The second-order valence-electron chi connectivity index (χ2n) is 5.23. The third-order valence-corrected chi connectivity index (χ3v) is 4.21. The highest BCUT2D eigenvalue weighted by molar-refractivity contribution is 9.10. The number of benzene rings is 2. The molecule has 0 radical (unpaired) electrons. The molecule has 0 heterocycles. The number of rotatable bonds is 9. The van der Waals surface area contributed by atoms with Crippen molar-refractivity contribution in [3.63, 3.8) is 0 Å². The highest BCUT2D eigenvalue weighted by Crippen LogP contribution is 2.33. The minimum atomic E-state index is 0.